The number of aromatic nitrogens is 2. The third-order valence-corrected chi connectivity index (χ3v) is 6.01. The molecule has 0 radical (unpaired) electrons. The van der Waals surface area contributed by atoms with Crippen LogP contribution >= 0.6 is 15.9 Å². The van der Waals surface area contributed by atoms with Gasteiger partial charge in [-0.15, -0.1) is 0 Å². The minimum absolute atomic E-state index is 0.0751. The molecule has 5 heteroatoms. The second-order valence-corrected chi connectivity index (χ2v) is 8.21. The van der Waals surface area contributed by atoms with Crippen LogP contribution in [0.15, 0.2) is 33.5 Å². The summed E-state index contributed by atoms with van der Waals surface area (Å²) in [5.74, 6) is 1.39. The van der Waals surface area contributed by atoms with Crippen molar-refractivity contribution >= 4 is 15.9 Å². The van der Waals surface area contributed by atoms with Crippen molar-refractivity contribution in [3.63, 3.8) is 0 Å². The Morgan fingerprint density at radius 2 is 1.92 bits per heavy atom. The highest BCUT2D eigenvalue weighted by Gasteiger charge is 2.24. The fourth-order valence-corrected chi connectivity index (χ4v) is 4.32. The van der Waals surface area contributed by atoms with Crippen molar-refractivity contribution in [1.29, 1.82) is 0 Å². The first-order valence-electron chi connectivity index (χ1n) is 9.28. The smallest absolute Gasteiger partial charge is 0.255 e. The molecule has 0 unspecified atom stereocenters. The van der Waals surface area contributed by atoms with Crippen molar-refractivity contribution in [2.24, 2.45) is 0 Å². The molecular weight excluding hydrogens is 378 g/mol. The van der Waals surface area contributed by atoms with Gasteiger partial charge in [0.2, 0.25) is 0 Å². The molecule has 4 nitrogen and oxygen atoms in total. The molecular formula is C20H24BrN3O. The third kappa shape index (κ3) is 3.87. The zero-order chi connectivity index (χ0) is 17.2. The highest BCUT2D eigenvalue weighted by molar-refractivity contribution is 9.10. The van der Waals surface area contributed by atoms with Gasteiger partial charge in [-0.05, 0) is 30.5 Å². The first kappa shape index (κ1) is 17.0. The van der Waals surface area contributed by atoms with E-state index in [2.05, 4.69) is 50.1 Å². The Morgan fingerprint density at radius 1 is 1.16 bits per heavy atom. The summed E-state index contributed by atoms with van der Waals surface area (Å²) in [6.07, 6.45) is 7.03. The van der Waals surface area contributed by atoms with Crippen LogP contribution in [-0.2, 0) is 19.5 Å². The first-order valence-corrected chi connectivity index (χ1v) is 10.1. The summed E-state index contributed by atoms with van der Waals surface area (Å²) >= 11 is 3.47. The van der Waals surface area contributed by atoms with Gasteiger partial charge in [-0.3, -0.25) is 9.69 Å². The Labute approximate surface area is 156 Å². The summed E-state index contributed by atoms with van der Waals surface area (Å²) in [7, 11) is 0. The number of H-pyrrole nitrogens is 1. The molecule has 0 spiro atoms. The number of hydrogen-bond acceptors (Lipinski definition) is 3. The molecule has 132 valence electrons. The molecule has 0 bridgehead atoms. The molecule has 1 aliphatic heterocycles. The Bertz CT molecular complexity index is 794. The van der Waals surface area contributed by atoms with Crippen LogP contribution < -0.4 is 5.56 Å². The number of aromatic amines is 1. The largest absolute Gasteiger partial charge is 0.310 e. The van der Waals surface area contributed by atoms with Crippen molar-refractivity contribution in [1.82, 2.24) is 14.9 Å². The molecule has 25 heavy (non-hydrogen) atoms. The average Bonchev–Trinajstić information content (AvgIpc) is 2.65. The maximum Gasteiger partial charge on any atom is 0.255 e. The van der Waals surface area contributed by atoms with Crippen LogP contribution in [-0.4, -0.2) is 21.4 Å². The fraction of sp³-hybridized carbons (Fsp3) is 0.500. The Kier molecular flexibility index (Phi) is 5.04. The minimum atomic E-state index is 0.0751. The Morgan fingerprint density at radius 3 is 2.68 bits per heavy atom. The molecule has 1 aliphatic carbocycles. The van der Waals surface area contributed by atoms with Gasteiger partial charge in [-0.1, -0.05) is 47.3 Å². The molecule has 1 aromatic carbocycles. The number of nitrogens with one attached hydrogen (secondary N) is 1. The lowest BCUT2D eigenvalue weighted by atomic mass is 9.88. The molecule has 2 aliphatic rings. The maximum atomic E-state index is 12.6. The highest BCUT2D eigenvalue weighted by Crippen LogP contribution is 2.30. The summed E-state index contributed by atoms with van der Waals surface area (Å²) in [5, 5.41) is 0. The number of fused-ring (bicyclic) bond motifs is 1. The van der Waals surface area contributed by atoms with Gasteiger partial charge in [0.05, 0.1) is 11.3 Å². The zero-order valence-corrected chi connectivity index (χ0v) is 16.0. The predicted octanol–water partition coefficient (Wildman–Crippen LogP) is 4.14. The summed E-state index contributed by atoms with van der Waals surface area (Å²) in [6.45, 7) is 2.53. The highest BCUT2D eigenvalue weighted by atomic mass is 79.9. The molecule has 0 saturated heterocycles. The molecule has 2 aromatic rings. The summed E-state index contributed by atoms with van der Waals surface area (Å²) < 4.78 is 1.09. The van der Waals surface area contributed by atoms with Crippen LogP contribution in [0.1, 0.15) is 60.7 Å². The normalized spacial score (nSPS) is 18.9. The van der Waals surface area contributed by atoms with E-state index in [0.29, 0.717) is 12.5 Å². The second-order valence-electron chi connectivity index (χ2n) is 7.30. The van der Waals surface area contributed by atoms with Gasteiger partial charge in [0.15, 0.2) is 0 Å². The number of benzene rings is 1. The third-order valence-electron chi connectivity index (χ3n) is 5.48. The molecule has 2 heterocycles. The van der Waals surface area contributed by atoms with Gasteiger partial charge >= 0.3 is 0 Å². The van der Waals surface area contributed by atoms with Crippen LogP contribution in [0, 0.1) is 0 Å². The minimum Gasteiger partial charge on any atom is -0.310 e. The summed E-state index contributed by atoms with van der Waals surface area (Å²) in [6, 6.07) is 8.40. The van der Waals surface area contributed by atoms with Crippen LogP contribution in [0.3, 0.4) is 0 Å². The lowest BCUT2D eigenvalue weighted by molar-refractivity contribution is 0.241. The SMILES string of the molecule is O=c1[nH]c(C2CCCCC2)nc2c1CN(Cc1ccc(Br)cc1)CC2. The summed E-state index contributed by atoms with van der Waals surface area (Å²) in [5.41, 5.74) is 3.24. The van der Waals surface area contributed by atoms with Crippen LogP contribution in [0.2, 0.25) is 0 Å². The molecule has 1 aromatic heterocycles. The van der Waals surface area contributed by atoms with E-state index in [1.807, 2.05) is 0 Å². The van der Waals surface area contributed by atoms with E-state index >= 15 is 0 Å². The second kappa shape index (κ2) is 7.42. The molecule has 0 atom stereocenters. The molecule has 1 N–H and O–H groups in total. The fourth-order valence-electron chi connectivity index (χ4n) is 4.05. The lowest BCUT2D eigenvalue weighted by Gasteiger charge is -2.29. The van der Waals surface area contributed by atoms with Gasteiger partial charge in [0.25, 0.3) is 5.56 Å². The maximum absolute atomic E-state index is 12.6. The molecule has 0 amide bonds. The number of hydrogen-bond donors (Lipinski definition) is 1. The van der Waals surface area contributed by atoms with E-state index in [9.17, 15) is 4.79 Å². The van der Waals surface area contributed by atoms with Gasteiger partial charge in [0, 0.05) is 36.4 Å². The van der Waals surface area contributed by atoms with Gasteiger partial charge in [-0.2, -0.15) is 0 Å². The van der Waals surface area contributed by atoms with Crippen molar-refractivity contribution in [3.05, 3.63) is 61.7 Å². The quantitative estimate of drug-likeness (QED) is 0.840. The predicted molar refractivity (Wildman–Crippen MR) is 103 cm³/mol. The Hall–Kier alpha value is -1.46. The van der Waals surface area contributed by atoms with E-state index in [4.69, 9.17) is 4.98 Å². The number of nitrogens with zero attached hydrogens (tertiary/aromatic N) is 2. The monoisotopic (exact) mass is 401 g/mol. The van der Waals surface area contributed by atoms with Crippen molar-refractivity contribution in [3.8, 4) is 0 Å². The topological polar surface area (TPSA) is 49.0 Å². The standard InChI is InChI=1S/C20H24BrN3O/c21-16-8-6-14(7-9-16)12-24-11-10-18-17(13-24)20(25)23-19(22-18)15-4-2-1-3-5-15/h6-9,15H,1-5,10-13H2,(H,22,23,25). The van der Waals surface area contributed by atoms with Crippen molar-refractivity contribution < 1.29 is 0 Å². The number of halogens is 1. The average molecular weight is 402 g/mol. The van der Waals surface area contributed by atoms with Crippen molar-refractivity contribution in [2.45, 2.75) is 57.5 Å². The van der Waals surface area contributed by atoms with Gasteiger partial charge < -0.3 is 4.98 Å². The van der Waals surface area contributed by atoms with E-state index in [-0.39, 0.29) is 5.56 Å². The van der Waals surface area contributed by atoms with Gasteiger partial charge in [0.1, 0.15) is 5.82 Å². The van der Waals surface area contributed by atoms with Crippen molar-refractivity contribution in [2.75, 3.05) is 6.54 Å². The van der Waals surface area contributed by atoms with Crippen LogP contribution in [0.4, 0.5) is 0 Å². The van der Waals surface area contributed by atoms with Crippen LogP contribution in [0.5, 0.6) is 0 Å². The van der Waals surface area contributed by atoms with E-state index in [1.54, 1.807) is 0 Å². The van der Waals surface area contributed by atoms with Crippen LogP contribution in [0.25, 0.3) is 0 Å². The first-order chi connectivity index (χ1) is 12.2. The molecule has 1 fully saturated rings. The van der Waals surface area contributed by atoms with Gasteiger partial charge in [-0.25, -0.2) is 4.98 Å². The zero-order valence-electron chi connectivity index (χ0n) is 14.4. The van der Waals surface area contributed by atoms with E-state index in [1.165, 1.54) is 24.8 Å². The number of rotatable bonds is 3. The Balaban J connectivity index is 1.51. The summed E-state index contributed by atoms with van der Waals surface area (Å²) in [4.78, 5) is 22.9. The van der Waals surface area contributed by atoms with E-state index < -0.39 is 0 Å². The molecule has 4 rings (SSSR count). The lowest BCUT2D eigenvalue weighted by Crippen LogP contribution is -2.36. The van der Waals surface area contributed by atoms with E-state index in [0.717, 1.165) is 53.9 Å². The molecule has 1 saturated carbocycles.